The van der Waals surface area contributed by atoms with Crippen molar-refractivity contribution in [1.82, 2.24) is 10.6 Å². The van der Waals surface area contributed by atoms with E-state index in [0.29, 0.717) is 22.6 Å². The van der Waals surface area contributed by atoms with Crippen molar-refractivity contribution >= 4 is 33.9 Å². The molecule has 4 aromatic rings. The number of hydrogen-bond acceptors (Lipinski definition) is 14. The van der Waals surface area contributed by atoms with Crippen LogP contribution >= 0.6 is 0 Å². The predicted molar refractivity (Wildman–Crippen MR) is 221 cm³/mol. The van der Waals surface area contributed by atoms with Crippen LogP contribution in [0.15, 0.2) is 72.8 Å². The molecule has 0 fully saturated rings. The molecule has 2 atom stereocenters. The largest absolute Gasteiger partial charge is 0.496 e. The number of benzene rings is 4. The van der Waals surface area contributed by atoms with Gasteiger partial charge in [-0.05, 0) is 73.8 Å². The smallest absolute Gasteiger partial charge is 0.339 e. The van der Waals surface area contributed by atoms with Crippen molar-refractivity contribution < 1.29 is 66.1 Å². The van der Waals surface area contributed by atoms with Crippen LogP contribution in [0, 0.1) is 0 Å². The molecule has 0 aliphatic carbocycles. The Morgan fingerprint density at radius 1 is 0.508 bits per heavy atom. The highest BCUT2D eigenvalue weighted by molar-refractivity contribution is 7.93. The summed E-state index contributed by atoms with van der Waals surface area (Å²) in [5.74, 6) is -1.08. The fourth-order valence-corrected chi connectivity index (χ4v) is 9.08. The third-order valence-electron chi connectivity index (χ3n) is 9.78. The maximum atomic E-state index is 16.3. The van der Waals surface area contributed by atoms with Crippen LogP contribution < -0.4 is 48.5 Å². The predicted octanol–water partition coefficient (Wildman–Crippen LogP) is 5.44. The van der Waals surface area contributed by atoms with Gasteiger partial charge in [-0.25, -0.2) is 18.0 Å². The van der Waals surface area contributed by atoms with Gasteiger partial charge < -0.3 is 48.1 Å². The van der Waals surface area contributed by atoms with Gasteiger partial charge in [-0.15, -0.1) is 0 Å². The molecule has 4 aromatic carbocycles. The van der Waals surface area contributed by atoms with E-state index in [9.17, 15) is 19.8 Å². The number of likely N-dealkylation sites (N-methyl/N-ethyl adjacent to an activating group) is 2. The lowest BCUT2D eigenvalue weighted by molar-refractivity contribution is 0.0682. The highest BCUT2D eigenvalue weighted by atomic mass is 32.2. The quantitative estimate of drug-likeness (QED) is 0.0875. The molecule has 0 amide bonds. The Balaban J connectivity index is 2.27. The van der Waals surface area contributed by atoms with Crippen LogP contribution in [0.5, 0.6) is 46.0 Å². The molecule has 0 bridgehead atoms. The normalized spacial score (nSPS) is 13.6. The van der Waals surface area contributed by atoms with E-state index in [1.165, 1.54) is 132 Å². The zero-order valence-electron chi connectivity index (χ0n) is 34.3. The Morgan fingerprint density at radius 3 is 1.05 bits per heavy atom. The lowest BCUT2D eigenvalue weighted by Crippen LogP contribution is -2.58. The number of aromatic carboxylic acids is 2. The van der Waals surface area contributed by atoms with Crippen molar-refractivity contribution in [2.24, 2.45) is 0 Å². The van der Waals surface area contributed by atoms with Gasteiger partial charge in [-0.3, -0.25) is 10.6 Å². The molecule has 0 aliphatic rings. The standard InChI is InChI=1S/C42H48N2O14S/c1-43-41(25-11-13-33(53-5)31(19-25)39(45)46,17-15-29-35(55-7)21-27(51-3)22-36(29)56-8)59(49,50)42(44-2,26-12-14-34(54-6)32(20-26)40(47)48)18-16-30-37(57-9)23-28(52-4)24-38(30)58-10/h11-24,43-44H,1-10H3,(H,45,46)(H,47,48)/b17-15+,18-16+. The lowest BCUT2D eigenvalue weighted by Gasteiger charge is -2.41. The average molecular weight is 837 g/mol. The minimum absolute atomic E-state index is 0.0363. The van der Waals surface area contributed by atoms with Gasteiger partial charge in [0.2, 0.25) is 9.84 Å². The molecule has 0 saturated heterocycles. The summed E-state index contributed by atoms with van der Waals surface area (Å²) in [7, 11) is 8.88. The van der Waals surface area contributed by atoms with E-state index >= 15 is 8.42 Å². The van der Waals surface area contributed by atoms with Crippen molar-refractivity contribution in [2.75, 3.05) is 71.0 Å². The zero-order chi connectivity index (χ0) is 43.7. The molecule has 0 heterocycles. The first-order valence-electron chi connectivity index (χ1n) is 17.6. The number of methoxy groups -OCH3 is 8. The number of nitrogens with one attached hydrogen (secondary N) is 2. The molecule has 316 valence electrons. The molecule has 0 aromatic heterocycles. The number of rotatable bonds is 20. The number of hydrogen-bond donors (Lipinski definition) is 4. The third-order valence-corrected chi connectivity index (χ3v) is 12.6. The number of carboxylic acids is 2. The van der Waals surface area contributed by atoms with E-state index in [0.717, 1.165) is 0 Å². The second-order valence-electron chi connectivity index (χ2n) is 12.5. The van der Waals surface area contributed by atoms with Crippen molar-refractivity contribution in [3.05, 3.63) is 106 Å². The minimum atomic E-state index is -5.04. The number of sulfone groups is 1. The molecular weight excluding hydrogens is 789 g/mol. The maximum absolute atomic E-state index is 16.3. The van der Waals surface area contributed by atoms with Gasteiger partial charge in [-0.2, -0.15) is 0 Å². The summed E-state index contributed by atoms with van der Waals surface area (Å²) < 4.78 is 76.8. The Hall–Kier alpha value is -6.43. The first-order valence-corrected chi connectivity index (χ1v) is 19.1. The molecule has 2 unspecified atom stereocenters. The topological polar surface area (TPSA) is 207 Å². The summed E-state index contributed by atoms with van der Waals surface area (Å²) in [4.78, 5) is 20.5. The summed E-state index contributed by atoms with van der Waals surface area (Å²) in [5, 5.41) is 26.5. The van der Waals surface area contributed by atoms with Gasteiger partial charge in [-0.1, -0.05) is 12.1 Å². The van der Waals surface area contributed by atoms with E-state index in [1.807, 2.05) is 0 Å². The van der Waals surface area contributed by atoms with Crippen LogP contribution in [0.1, 0.15) is 43.0 Å². The van der Waals surface area contributed by atoms with Crippen LogP contribution in [-0.4, -0.2) is 102 Å². The van der Waals surface area contributed by atoms with E-state index in [-0.39, 0.29) is 56.8 Å². The van der Waals surface area contributed by atoms with Gasteiger partial charge in [0, 0.05) is 24.3 Å². The van der Waals surface area contributed by atoms with E-state index < -0.39 is 31.5 Å². The van der Waals surface area contributed by atoms with Gasteiger partial charge in [0.05, 0.1) is 68.0 Å². The van der Waals surface area contributed by atoms with Crippen molar-refractivity contribution in [2.45, 2.75) is 9.74 Å². The van der Waals surface area contributed by atoms with Crippen LogP contribution in [0.25, 0.3) is 12.2 Å². The van der Waals surface area contributed by atoms with Crippen molar-refractivity contribution in [1.29, 1.82) is 0 Å². The molecular formula is C42H48N2O14S. The fraction of sp³-hybridized carbons (Fsp3) is 0.286. The summed E-state index contributed by atoms with van der Waals surface area (Å²) in [6.45, 7) is 0. The van der Waals surface area contributed by atoms with E-state index in [1.54, 1.807) is 24.3 Å². The van der Waals surface area contributed by atoms with Crippen molar-refractivity contribution in [3.63, 3.8) is 0 Å². The average Bonchev–Trinajstić information content (AvgIpc) is 3.25. The Bertz CT molecular complexity index is 2150. The summed E-state index contributed by atoms with van der Waals surface area (Å²) in [6.07, 6.45) is 5.54. The maximum Gasteiger partial charge on any atom is 0.339 e. The first-order chi connectivity index (χ1) is 28.2. The second-order valence-corrected chi connectivity index (χ2v) is 14.8. The molecule has 0 saturated carbocycles. The molecule has 59 heavy (non-hydrogen) atoms. The van der Waals surface area contributed by atoms with Crippen molar-refractivity contribution in [3.8, 4) is 46.0 Å². The Labute approximate surface area is 342 Å². The van der Waals surface area contributed by atoms with Crippen LogP contribution in [0.3, 0.4) is 0 Å². The minimum Gasteiger partial charge on any atom is -0.496 e. The molecule has 16 nitrogen and oxygen atoms in total. The van der Waals surface area contributed by atoms with Gasteiger partial charge >= 0.3 is 11.9 Å². The molecule has 0 radical (unpaired) electrons. The number of carbonyl (C=O) groups is 2. The monoisotopic (exact) mass is 836 g/mol. The molecule has 17 heteroatoms. The number of ether oxygens (including phenoxy) is 8. The third kappa shape index (κ3) is 8.30. The summed E-state index contributed by atoms with van der Waals surface area (Å²) in [6, 6.07) is 14.2. The second kappa shape index (κ2) is 18.9. The SMILES string of the molecule is CNC(/C=C/c1c(OC)cc(OC)cc1OC)(c1ccc(OC)c(C(=O)O)c1)S(=O)(=O)C(/C=C/c1c(OC)cc(OC)cc1OC)(NC)c1ccc(OC)c(C(=O)O)c1. The van der Waals surface area contributed by atoms with Crippen LogP contribution in [0.2, 0.25) is 0 Å². The summed E-state index contributed by atoms with van der Waals surface area (Å²) in [5.41, 5.74) is -0.226. The molecule has 4 rings (SSSR count). The van der Waals surface area contributed by atoms with Gasteiger partial charge in [0.25, 0.3) is 0 Å². The van der Waals surface area contributed by atoms with Crippen LogP contribution in [0.4, 0.5) is 0 Å². The Kier molecular flexibility index (Phi) is 14.5. The summed E-state index contributed by atoms with van der Waals surface area (Å²) >= 11 is 0. The molecule has 0 spiro atoms. The zero-order valence-corrected chi connectivity index (χ0v) is 35.1. The lowest BCUT2D eigenvalue weighted by atomic mass is 9.99. The first kappa shape index (κ1) is 45.3. The highest BCUT2D eigenvalue weighted by Crippen LogP contribution is 2.47. The van der Waals surface area contributed by atoms with Crippen LogP contribution in [-0.2, 0) is 19.6 Å². The molecule has 0 aliphatic heterocycles. The fourth-order valence-electron chi connectivity index (χ4n) is 6.67. The Morgan fingerprint density at radius 2 is 0.814 bits per heavy atom. The molecule has 4 N–H and O–H groups in total. The van der Waals surface area contributed by atoms with Gasteiger partial charge in [0.1, 0.15) is 57.1 Å². The van der Waals surface area contributed by atoms with E-state index in [4.69, 9.17) is 37.9 Å². The van der Waals surface area contributed by atoms with Gasteiger partial charge in [0.15, 0.2) is 9.74 Å². The van der Waals surface area contributed by atoms with E-state index in [2.05, 4.69) is 10.6 Å². The number of carboxylic acid groups (broad SMARTS) is 2. The highest BCUT2D eigenvalue weighted by Gasteiger charge is 2.55.